The van der Waals surface area contributed by atoms with Gasteiger partial charge in [-0.05, 0) is 25.1 Å². The number of ether oxygens (including phenoxy) is 1. The summed E-state index contributed by atoms with van der Waals surface area (Å²) in [5.74, 6) is 0.637. The molecule has 0 atom stereocenters. The molecule has 2 aromatic heterocycles. The van der Waals surface area contributed by atoms with Crippen molar-refractivity contribution in [2.75, 3.05) is 37.7 Å². The van der Waals surface area contributed by atoms with Crippen LogP contribution in [0, 0.1) is 6.92 Å². The van der Waals surface area contributed by atoms with Crippen molar-refractivity contribution in [3.05, 3.63) is 64.4 Å². The number of benzene rings is 1. The summed E-state index contributed by atoms with van der Waals surface area (Å²) in [7, 11) is 0. The number of hydrogen-bond acceptors (Lipinski definition) is 9. The Balaban J connectivity index is 1.28. The van der Waals surface area contributed by atoms with Gasteiger partial charge >= 0.3 is 5.97 Å². The van der Waals surface area contributed by atoms with E-state index in [1.54, 1.807) is 46.8 Å². The molecule has 1 amide bonds. The Kier molecular flexibility index (Phi) is 7.33. The number of hydrogen-bond donors (Lipinski definition) is 0. The van der Waals surface area contributed by atoms with E-state index in [2.05, 4.69) is 15.0 Å². The zero-order valence-corrected chi connectivity index (χ0v) is 19.3. The zero-order valence-electron chi connectivity index (χ0n) is 17.6. The van der Waals surface area contributed by atoms with Crippen molar-refractivity contribution in [1.29, 1.82) is 0 Å². The third-order valence-electron chi connectivity index (χ3n) is 4.94. The number of aryl methyl sites for hydroxylation is 1. The Morgan fingerprint density at radius 1 is 1.09 bits per heavy atom. The summed E-state index contributed by atoms with van der Waals surface area (Å²) in [5.41, 5.74) is 1.44. The molecular weight excluding hydrogens is 446 g/mol. The number of piperazine rings is 1. The minimum atomic E-state index is -0.493. The molecule has 0 spiro atoms. The van der Waals surface area contributed by atoms with Crippen molar-refractivity contribution in [1.82, 2.24) is 19.9 Å². The molecule has 0 radical (unpaired) electrons. The number of amides is 1. The minimum Gasteiger partial charge on any atom is -0.452 e. The van der Waals surface area contributed by atoms with Gasteiger partial charge in [0.15, 0.2) is 6.61 Å². The fourth-order valence-corrected chi connectivity index (χ4v) is 4.95. The van der Waals surface area contributed by atoms with Gasteiger partial charge in [-0.3, -0.25) is 4.79 Å². The summed E-state index contributed by atoms with van der Waals surface area (Å²) in [4.78, 5) is 42.7. The molecule has 1 saturated heterocycles. The van der Waals surface area contributed by atoms with Crippen LogP contribution in [0.2, 0.25) is 0 Å². The quantitative estimate of drug-likeness (QED) is 0.385. The summed E-state index contributed by atoms with van der Waals surface area (Å²) in [6, 6.07) is 9.05. The lowest BCUT2D eigenvalue weighted by Gasteiger charge is -2.34. The maximum atomic E-state index is 12.7. The molecule has 1 aliphatic rings. The fraction of sp³-hybridized carbons (Fsp3) is 0.318. The first kappa shape index (κ1) is 22.2. The van der Waals surface area contributed by atoms with Crippen LogP contribution in [0.15, 0.2) is 53.0 Å². The molecule has 166 valence electrons. The van der Waals surface area contributed by atoms with Crippen LogP contribution >= 0.6 is 23.1 Å². The summed E-state index contributed by atoms with van der Waals surface area (Å²) >= 11 is 3.14. The number of esters is 1. The number of rotatable bonds is 7. The number of thiazole rings is 1. The van der Waals surface area contributed by atoms with Crippen LogP contribution in [0.5, 0.6) is 0 Å². The van der Waals surface area contributed by atoms with Crippen molar-refractivity contribution in [3.8, 4) is 0 Å². The van der Waals surface area contributed by atoms with Gasteiger partial charge in [-0.15, -0.1) is 23.1 Å². The molecule has 3 heterocycles. The predicted molar refractivity (Wildman–Crippen MR) is 124 cm³/mol. The SMILES string of the molecule is Cc1nc(CSc2ccccc2C(=O)OCC(=O)N2CCN(c3ncccn3)CC2)cs1. The minimum absolute atomic E-state index is 0.199. The van der Waals surface area contributed by atoms with E-state index in [9.17, 15) is 9.59 Å². The maximum Gasteiger partial charge on any atom is 0.339 e. The molecule has 32 heavy (non-hydrogen) atoms. The standard InChI is InChI=1S/C22H23N5O3S2/c1-16-25-17(14-31-16)15-32-19-6-3-2-5-18(19)21(29)30-13-20(28)26-9-11-27(12-10-26)22-23-7-4-8-24-22/h2-8,14H,9-13,15H2,1H3. The van der Waals surface area contributed by atoms with E-state index in [1.165, 1.54) is 11.8 Å². The van der Waals surface area contributed by atoms with Crippen LogP contribution in [-0.2, 0) is 15.3 Å². The average molecular weight is 470 g/mol. The molecule has 8 nitrogen and oxygen atoms in total. The van der Waals surface area contributed by atoms with E-state index in [1.807, 2.05) is 29.3 Å². The van der Waals surface area contributed by atoms with Gasteiger partial charge in [-0.1, -0.05) is 12.1 Å². The highest BCUT2D eigenvalue weighted by atomic mass is 32.2. The summed E-state index contributed by atoms with van der Waals surface area (Å²) in [6.45, 7) is 4.04. The second-order valence-electron chi connectivity index (χ2n) is 7.14. The van der Waals surface area contributed by atoms with E-state index in [0.717, 1.165) is 15.6 Å². The molecule has 3 aromatic rings. The predicted octanol–water partition coefficient (Wildman–Crippen LogP) is 3.04. The van der Waals surface area contributed by atoms with Gasteiger partial charge < -0.3 is 14.5 Å². The number of anilines is 1. The van der Waals surface area contributed by atoms with Gasteiger partial charge in [-0.2, -0.15) is 0 Å². The highest BCUT2D eigenvalue weighted by molar-refractivity contribution is 7.98. The smallest absolute Gasteiger partial charge is 0.339 e. The highest BCUT2D eigenvalue weighted by Crippen LogP contribution is 2.27. The largest absolute Gasteiger partial charge is 0.452 e. The van der Waals surface area contributed by atoms with Crippen LogP contribution in [-0.4, -0.2) is 64.5 Å². The monoisotopic (exact) mass is 469 g/mol. The second kappa shape index (κ2) is 10.6. The van der Waals surface area contributed by atoms with E-state index in [-0.39, 0.29) is 12.5 Å². The van der Waals surface area contributed by atoms with Gasteiger partial charge in [0.1, 0.15) is 0 Å². The fourth-order valence-electron chi connectivity index (χ4n) is 3.29. The van der Waals surface area contributed by atoms with Crippen LogP contribution in [0.25, 0.3) is 0 Å². The van der Waals surface area contributed by atoms with Crippen molar-refractivity contribution >= 4 is 40.9 Å². The average Bonchev–Trinajstić information content (AvgIpc) is 3.27. The van der Waals surface area contributed by atoms with Gasteiger partial charge in [0.25, 0.3) is 5.91 Å². The molecule has 0 aliphatic carbocycles. The van der Waals surface area contributed by atoms with Gasteiger partial charge in [0.05, 0.1) is 16.3 Å². The van der Waals surface area contributed by atoms with E-state index in [4.69, 9.17) is 4.74 Å². The second-order valence-corrected chi connectivity index (χ2v) is 9.21. The Labute approximate surface area is 194 Å². The summed E-state index contributed by atoms with van der Waals surface area (Å²) in [6.07, 6.45) is 3.40. The number of carbonyl (C=O) groups excluding carboxylic acids is 2. The zero-order chi connectivity index (χ0) is 22.3. The lowest BCUT2D eigenvalue weighted by molar-refractivity contribution is -0.134. The van der Waals surface area contributed by atoms with Crippen LogP contribution in [0.4, 0.5) is 5.95 Å². The molecule has 1 fully saturated rings. The molecular formula is C22H23N5O3S2. The normalized spacial score (nSPS) is 13.8. The Morgan fingerprint density at radius 3 is 2.56 bits per heavy atom. The number of aromatic nitrogens is 3. The molecule has 0 N–H and O–H groups in total. The first-order valence-electron chi connectivity index (χ1n) is 10.2. The number of carbonyl (C=O) groups is 2. The maximum absolute atomic E-state index is 12.7. The van der Waals surface area contributed by atoms with Crippen LogP contribution in [0.3, 0.4) is 0 Å². The Hall–Kier alpha value is -2.98. The molecule has 1 aliphatic heterocycles. The molecule has 0 bridgehead atoms. The molecule has 0 unspecified atom stereocenters. The van der Waals surface area contributed by atoms with Gasteiger partial charge in [0, 0.05) is 54.6 Å². The Bertz CT molecular complexity index is 1070. The van der Waals surface area contributed by atoms with E-state index < -0.39 is 5.97 Å². The Morgan fingerprint density at radius 2 is 1.84 bits per heavy atom. The third-order valence-corrected chi connectivity index (χ3v) is 6.87. The van der Waals surface area contributed by atoms with Crippen LogP contribution < -0.4 is 4.90 Å². The number of nitrogens with zero attached hydrogens (tertiary/aromatic N) is 5. The van der Waals surface area contributed by atoms with Gasteiger partial charge in [-0.25, -0.2) is 19.7 Å². The van der Waals surface area contributed by atoms with Crippen molar-refractivity contribution < 1.29 is 14.3 Å². The van der Waals surface area contributed by atoms with Crippen molar-refractivity contribution in [2.45, 2.75) is 17.6 Å². The lowest BCUT2D eigenvalue weighted by Crippen LogP contribution is -2.50. The molecule has 1 aromatic carbocycles. The number of thioether (sulfide) groups is 1. The first-order valence-corrected chi connectivity index (χ1v) is 12.1. The topological polar surface area (TPSA) is 88.5 Å². The lowest BCUT2D eigenvalue weighted by atomic mass is 10.2. The summed E-state index contributed by atoms with van der Waals surface area (Å²) < 4.78 is 5.36. The van der Waals surface area contributed by atoms with Crippen LogP contribution in [0.1, 0.15) is 21.1 Å². The first-order chi connectivity index (χ1) is 15.6. The van der Waals surface area contributed by atoms with Crippen molar-refractivity contribution in [2.24, 2.45) is 0 Å². The highest BCUT2D eigenvalue weighted by Gasteiger charge is 2.24. The van der Waals surface area contributed by atoms with Crippen molar-refractivity contribution in [3.63, 3.8) is 0 Å². The molecule has 0 saturated carbocycles. The molecule has 4 rings (SSSR count). The van der Waals surface area contributed by atoms with E-state index >= 15 is 0 Å². The van der Waals surface area contributed by atoms with Gasteiger partial charge in [0.2, 0.25) is 5.95 Å². The summed E-state index contributed by atoms with van der Waals surface area (Å²) in [5, 5.41) is 3.04. The third kappa shape index (κ3) is 5.63. The molecule has 10 heteroatoms. The van der Waals surface area contributed by atoms with E-state index in [0.29, 0.717) is 43.4 Å².